The SMILES string of the molecule is CN1C(=O)/C(=C/c2cc(Br)ccc2OCc2ccc(I)cc2)SC1=Nc1ccc(C(=O)O)cc1. The number of halogens is 2. The highest BCUT2D eigenvalue weighted by Gasteiger charge is 2.30. The van der Waals surface area contributed by atoms with Gasteiger partial charge in [-0.1, -0.05) is 28.1 Å². The van der Waals surface area contributed by atoms with Crippen molar-refractivity contribution < 1.29 is 19.4 Å². The minimum atomic E-state index is -0.999. The van der Waals surface area contributed by atoms with Crippen LogP contribution in [-0.2, 0) is 11.4 Å². The summed E-state index contributed by atoms with van der Waals surface area (Å²) in [6, 6.07) is 20.0. The number of ether oxygens (including phenoxy) is 1. The summed E-state index contributed by atoms with van der Waals surface area (Å²) in [5.74, 6) is -0.504. The molecule has 4 rings (SSSR count). The van der Waals surface area contributed by atoms with Crippen molar-refractivity contribution in [3.63, 3.8) is 0 Å². The normalized spacial score (nSPS) is 15.9. The third-order valence-corrected chi connectivity index (χ3v) is 7.18. The largest absolute Gasteiger partial charge is 0.488 e. The van der Waals surface area contributed by atoms with Gasteiger partial charge in [-0.3, -0.25) is 9.69 Å². The molecule has 3 aromatic carbocycles. The van der Waals surface area contributed by atoms with E-state index in [0.717, 1.165) is 19.2 Å². The Morgan fingerprint density at radius 1 is 1.15 bits per heavy atom. The third kappa shape index (κ3) is 5.89. The second kappa shape index (κ2) is 10.7. The van der Waals surface area contributed by atoms with Crippen LogP contribution in [0.1, 0.15) is 21.5 Å². The second-order valence-corrected chi connectivity index (χ2v) is 10.5. The molecular formula is C25H18BrIN2O4S. The predicted octanol–water partition coefficient (Wildman–Crippen LogP) is 6.56. The van der Waals surface area contributed by atoms with Gasteiger partial charge in [-0.05, 0) is 101 Å². The summed E-state index contributed by atoms with van der Waals surface area (Å²) in [6.45, 7) is 0.411. The molecule has 172 valence electrons. The number of carboxylic acids is 1. The lowest BCUT2D eigenvalue weighted by Crippen LogP contribution is -2.23. The van der Waals surface area contributed by atoms with Gasteiger partial charge in [0.05, 0.1) is 16.2 Å². The summed E-state index contributed by atoms with van der Waals surface area (Å²) in [7, 11) is 1.66. The number of amidine groups is 1. The quantitative estimate of drug-likeness (QED) is 0.242. The van der Waals surface area contributed by atoms with Crippen molar-refractivity contribution in [1.29, 1.82) is 0 Å². The Morgan fingerprint density at radius 2 is 1.85 bits per heavy atom. The van der Waals surface area contributed by atoms with Gasteiger partial charge in [0.1, 0.15) is 12.4 Å². The van der Waals surface area contributed by atoms with Crippen molar-refractivity contribution in [2.24, 2.45) is 4.99 Å². The average molecular weight is 649 g/mol. The molecule has 9 heteroatoms. The summed E-state index contributed by atoms with van der Waals surface area (Å²) in [5.41, 5.74) is 2.57. The molecule has 0 aliphatic carbocycles. The number of amides is 1. The highest BCUT2D eigenvalue weighted by Crippen LogP contribution is 2.35. The van der Waals surface area contributed by atoms with Gasteiger partial charge in [0.25, 0.3) is 5.91 Å². The molecule has 1 amide bonds. The van der Waals surface area contributed by atoms with Crippen LogP contribution in [0.3, 0.4) is 0 Å². The van der Waals surface area contributed by atoms with Gasteiger partial charge in [-0.15, -0.1) is 0 Å². The van der Waals surface area contributed by atoms with Gasteiger partial charge < -0.3 is 9.84 Å². The molecule has 0 radical (unpaired) electrons. The van der Waals surface area contributed by atoms with Gasteiger partial charge in [-0.2, -0.15) is 0 Å². The smallest absolute Gasteiger partial charge is 0.335 e. The minimum absolute atomic E-state index is 0.172. The number of carbonyl (C=O) groups is 2. The first kappa shape index (κ1) is 24.5. The molecule has 0 unspecified atom stereocenters. The molecule has 1 heterocycles. The molecule has 0 atom stereocenters. The van der Waals surface area contributed by atoms with Gasteiger partial charge in [-0.25, -0.2) is 9.79 Å². The standard InChI is InChI=1S/C25H18BrIN2O4S/c1-29-23(30)22(34-25(29)28-20-9-4-16(5-10-20)24(31)32)13-17-12-18(26)6-11-21(17)33-14-15-2-7-19(27)8-3-15/h2-13H,14H2,1H3,(H,31,32)/b22-13-,28-25?. The molecule has 0 saturated carbocycles. The van der Waals surface area contributed by atoms with E-state index in [9.17, 15) is 9.59 Å². The highest BCUT2D eigenvalue weighted by atomic mass is 127. The first-order chi connectivity index (χ1) is 16.3. The van der Waals surface area contributed by atoms with Gasteiger partial charge >= 0.3 is 5.97 Å². The number of hydrogen-bond acceptors (Lipinski definition) is 5. The van der Waals surface area contributed by atoms with E-state index < -0.39 is 5.97 Å². The van der Waals surface area contributed by atoms with Crippen LogP contribution in [0.4, 0.5) is 5.69 Å². The van der Waals surface area contributed by atoms with Gasteiger partial charge in [0, 0.05) is 20.7 Å². The van der Waals surface area contributed by atoms with Crippen molar-refractivity contribution in [3.8, 4) is 5.75 Å². The molecular weight excluding hydrogens is 631 g/mol. The molecule has 6 nitrogen and oxygen atoms in total. The second-order valence-electron chi connectivity index (χ2n) is 7.32. The molecule has 1 saturated heterocycles. The maximum absolute atomic E-state index is 12.9. The number of nitrogens with zero attached hydrogens (tertiary/aromatic N) is 2. The van der Waals surface area contributed by atoms with Crippen LogP contribution in [0, 0.1) is 3.57 Å². The van der Waals surface area contributed by atoms with E-state index in [1.54, 1.807) is 25.3 Å². The maximum atomic E-state index is 12.9. The summed E-state index contributed by atoms with van der Waals surface area (Å²) < 4.78 is 8.09. The number of carboxylic acid groups (broad SMARTS) is 1. The Morgan fingerprint density at radius 3 is 2.53 bits per heavy atom. The van der Waals surface area contributed by atoms with Crippen LogP contribution >= 0.6 is 50.3 Å². The van der Waals surface area contributed by atoms with Crippen LogP contribution < -0.4 is 4.74 Å². The van der Waals surface area contributed by atoms with E-state index >= 15 is 0 Å². The fourth-order valence-electron chi connectivity index (χ4n) is 3.09. The molecule has 1 aliphatic heterocycles. The first-order valence-corrected chi connectivity index (χ1v) is 12.8. The average Bonchev–Trinajstić information content (AvgIpc) is 3.07. The summed E-state index contributed by atoms with van der Waals surface area (Å²) in [4.78, 5) is 30.4. The molecule has 1 aliphatic rings. The van der Waals surface area contributed by atoms with Crippen LogP contribution in [-0.4, -0.2) is 34.1 Å². The van der Waals surface area contributed by atoms with E-state index in [0.29, 0.717) is 28.1 Å². The van der Waals surface area contributed by atoms with Crippen molar-refractivity contribution in [3.05, 3.63) is 96.4 Å². The lowest BCUT2D eigenvalue weighted by atomic mass is 10.1. The van der Waals surface area contributed by atoms with E-state index in [1.807, 2.05) is 42.5 Å². The Balaban J connectivity index is 1.57. The first-order valence-electron chi connectivity index (χ1n) is 10.1. The molecule has 1 N–H and O–H groups in total. The lowest BCUT2D eigenvalue weighted by molar-refractivity contribution is -0.121. The summed E-state index contributed by atoms with van der Waals surface area (Å²) >= 11 is 7.02. The minimum Gasteiger partial charge on any atom is -0.488 e. The number of hydrogen-bond donors (Lipinski definition) is 1. The number of carbonyl (C=O) groups excluding carboxylic acids is 1. The van der Waals surface area contributed by atoms with Gasteiger partial charge in [0.15, 0.2) is 5.17 Å². The van der Waals surface area contributed by atoms with E-state index in [4.69, 9.17) is 9.84 Å². The zero-order chi connectivity index (χ0) is 24.2. The lowest BCUT2D eigenvalue weighted by Gasteiger charge is -2.10. The fraction of sp³-hybridized carbons (Fsp3) is 0.0800. The zero-order valence-corrected chi connectivity index (χ0v) is 22.4. The Bertz CT molecular complexity index is 1310. The number of rotatable bonds is 6. The van der Waals surface area contributed by atoms with E-state index in [-0.39, 0.29) is 11.5 Å². The molecule has 1 fully saturated rings. The molecule has 34 heavy (non-hydrogen) atoms. The molecule has 0 bridgehead atoms. The van der Waals surface area contributed by atoms with Crippen molar-refractivity contribution >= 4 is 79.1 Å². The Hall–Kier alpha value is -2.63. The number of benzene rings is 3. The van der Waals surface area contributed by atoms with Gasteiger partial charge in [0.2, 0.25) is 0 Å². The number of aromatic carboxylic acids is 1. The third-order valence-electron chi connectivity index (χ3n) is 4.91. The molecule has 0 aromatic heterocycles. The van der Waals surface area contributed by atoms with Crippen LogP contribution in [0.5, 0.6) is 5.75 Å². The number of aliphatic imine (C=N–C) groups is 1. The molecule has 3 aromatic rings. The Labute approximate surface area is 223 Å². The summed E-state index contributed by atoms with van der Waals surface area (Å²) in [5, 5.41) is 9.56. The Kier molecular flexibility index (Phi) is 7.74. The number of thioether (sulfide) groups is 1. The van der Waals surface area contributed by atoms with Crippen LogP contribution in [0.2, 0.25) is 0 Å². The number of likely N-dealkylation sites (N-methyl/N-ethyl adjacent to an activating group) is 1. The van der Waals surface area contributed by atoms with Crippen molar-refractivity contribution in [1.82, 2.24) is 4.90 Å². The monoisotopic (exact) mass is 648 g/mol. The van der Waals surface area contributed by atoms with Crippen molar-refractivity contribution in [2.75, 3.05) is 7.05 Å². The highest BCUT2D eigenvalue weighted by molar-refractivity contribution is 14.1. The fourth-order valence-corrected chi connectivity index (χ4v) is 4.80. The summed E-state index contributed by atoms with van der Waals surface area (Å²) in [6.07, 6.45) is 1.80. The van der Waals surface area contributed by atoms with Crippen LogP contribution in [0.25, 0.3) is 6.08 Å². The maximum Gasteiger partial charge on any atom is 0.335 e. The topological polar surface area (TPSA) is 79.2 Å². The van der Waals surface area contributed by atoms with Crippen molar-refractivity contribution in [2.45, 2.75) is 6.61 Å². The molecule has 0 spiro atoms. The zero-order valence-electron chi connectivity index (χ0n) is 17.9. The van der Waals surface area contributed by atoms with E-state index in [2.05, 4.69) is 43.5 Å². The van der Waals surface area contributed by atoms with E-state index in [1.165, 1.54) is 28.8 Å². The predicted molar refractivity (Wildman–Crippen MR) is 146 cm³/mol. The van der Waals surface area contributed by atoms with Crippen LogP contribution in [0.15, 0.2) is 81.1 Å².